The standard InChI is InChI=1S/C25H25N3O6S/c26-25(27)16-7-11-18(12-8-16)34-21-14-32-23-20(13-31-24(21)23)33-17-9-5-15(6-10-17)19-3-1-2-4-22(19)35(28,29)30/h1-12,20-21,23-24H,13-14H2,(H3,26,27)(H2,28,29,30)/t20-,21-,23-,24-/m1/s1. The molecule has 2 fully saturated rings. The zero-order valence-electron chi connectivity index (χ0n) is 18.7. The van der Waals surface area contributed by atoms with Crippen molar-refractivity contribution in [3.05, 3.63) is 78.4 Å². The highest BCUT2D eigenvalue weighted by molar-refractivity contribution is 7.89. The van der Waals surface area contributed by atoms with E-state index in [1.165, 1.54) is 6.07 Å². The maximum atomic E-state index is 11.9. The number of hydrogen-bond acceptors (Lipinski definition) is 7. The summed E-state index contributed by atoms with van der Waals surface area (Å²) >= 11 is 0. The lowest BCUT2D eigenvalue weighted by Gasteiger charge is -2.19. The Morgan fingerprint density at radius 2 is 1.34 bits per heavy atom. The Bertz CT molecular complexity index is 1330. The van der Waals surface area contributed by atoms with E-state index < -0.39 is 10.0 Å². The van der Waals surface area contributed by atoms with Gasteiger partial charge in [0.2, 0.25) is 10.0 Å². The van der Waals surface area contributed by atoms with E-state index in [9.17, 15) is 8.42 Å². The number of rotatable bonds is 7. The van der Waals surface area contributed by atoms with Crippen molar-refractivity contribution in [2.24, 2.45) is 10.9 Å². The number of fused-ring (bicyclic) bond motifs is 1. The van der Waals surface area contributed by atoms with Gasteiger partial charge in [-0.15, -0.1) is 0 Å². The van der Waals surface area contributed by atoms with E-state index in [2.05, 4.69) is 0 Å². The first-order valence-corrected chi connectivity index (χ1v) is 12.6. The molecule has 35 heavy (non-hydrogen) atoms. The van der Waals surface area contributed by atoms with Crippen LogP contribution in [0.3, 0.4) is 0 Å². The van der Waals surface area contributed by atoms with E-state index in [0.717, 1.165) is 0 Å². The van der Waals surface area contributed by atoms with Gasteiger partial charge in [0, 0.05) is 11.1 Å². The third kappa shape index (κ3) is 4.87. The lowest BCUT2D eigenvalue weighted by Crippen LogP contribution is -2.36. The largest absolute Gasteiger partial charge is 0.485 e. The first-order valence-electron chi connectivity index (χ1n) is 11.0. The van der Waals surface area contributed by atoms with Crippen molar-refractivity contribution in [3.63, 3.8) is 0 Å². The van der Waals surface area contributed by atoms with Crippen molar-refractivity contribution in [3.8, 4) is 22.6 Å². The highest BCUT2D eigenvalue weighted by Gasteiger charge is 2.50. The number of nitrogens with two attached hydrogens (primary N) is 2. The Morgan fingerprint density at radius 3 is 1.86 bits per heavy atom. The Balaban J connectivity index is 1.24. The summed E-state index contributed by atoms with van der Waals surface area (Å²) in [5.41, 5.74) is 7.37. The van der Waals surface area contributed by atoms with Crippen LogP contribution < -0.4 is 20.3 Å². The maximum Gasteiger partial charge on any atom is 0.238 e. The molecule has 0 saturated carbocycles. The molecule has 2 saturated heterocycles. The molecule has 0 aromatic heterocycles. The molecule has 2 aliphatic heterocycles. The highest BCUT2D eigenvalue weighted by Crippen LogP contribution is 2.33. The van der Waals surface area contributed by atoms with Crippen LogP contribution >= 0.6 is 0 Å². The molecule has 5 rings (SSSR count). The molecule has 9 nitrogen and oxygen atoms in total. The van der Waals surface area contributed by atoms with Crippen LogP contribution in [0.25, 0.3) is 11.1 Å². The molecular formula is C25H25N3O6S. The fraction of sp³-hybridized carbons (Fsp3) is 0.240. The summed E-state index contributed by atoms with van der Waals surface area (Å²) < 4.78 is 47.9. The van der Waals surface area contributed by atoms with Crippen LogP contribution in [0.5, 0.6) is 11.5 Å². The van der Waals surface area contributed by atoms with Crippen molar-refractivity contribution < 1.29 is 27.4 Å². The quantitative estimate of drug-likeness (QED) is 0.336. The lowest BCUT2D eigenvalue weighted by molar-refractivity contribution is 0.0181. The number of hydrogen-bond donors (Lipinski definition) is 3. The predicted octanol–water partition coefficient (Wildman–Crippen LogP) is 2.28. The van der Waals surface area contributed by atoms with Crippen molar-refractivity contribution in [2.45, 2.75) is 29.3 Å². The minimum absolute atomic E-state index is 0.00147. The molecule has 2 aliphatic rings. The molecule has 182 valence electrons. The van der Waals surface area contributed by atoms with Crippen molar-refractivity contribution >= 4 is 15.9 Å². The number of nitrogen functional groups attached to an aromatic ring is 1. The summed E-state index contributed by atoms with van der Waals surface area (Å²) in [6.07, 6.45) is -1.14. The fourth-order valence-corrected chi connectivity index (χ4v) is 5.12. The molecule has 4 atom stereocenters. The van der Waals surface area contributed by atoms with Gasteiger partial charge >= 0.3 is 0 Å². The molecule has 0 unspecified atom stereocenters. The summed E-state index contributed by atoms with van der Waals surface area (Å²) in [7, 11) is -3.85. The van der Waals surface area contributed by atoms with Gasteiger partial charge in [0.05, 0.1) is 18.1 Å². The minimum atomic E-state index is -3.85. The molecule has 0 spiro atoms. The van der Waals surface area contributed by atoms with Crippen LogP contribution in [0.4, 0.5) is 0 Å². The van der Waals surface area contributed by atoms with Crippen molar-refractivity contribution in [1.82, 2.24) is 0 Å². The monoisotopic (exact) mass is 495 g/mol. The van der Waals surface area contributed by atoms with Crippen molar-refractivity contribution in [2.75, 3.05) is 13.2 Å². The molecular weight excluding hydrogens is 470 g/mol. The third-order valence-electron chi connectivity index (χ3n) is 6.06. The molecule has 10 heteroatoms. The molecule has 3 aromatic rings. The number of benzene rings is 3. The molecule has 5 N–H and O–H groups in total. The fourth-order valence-electron chi connectivity index (χ4n) is 4.36. The normalized spacial score (nSPS) is 23.6. The van der Waals surface area contributed by atoms with Crippen LogP contribution in [0.2, 0.25) is 0 Å². The highest BCUT2D eigenvalue weighted by atomic mass is 32.2. The zero-order valence-corrected chi connectivity index (χ0v) is 19.5. The SMILES string of the molecule is N=C(N)c1ccc(O[C@@H]2CO[C@H]3[C@@H]2OC[C@H]3Oc2ccc(-c3ccccc3S(N)(=O)=O)cc2)cc1. The second-order valence-electron chi connectivity index (χ2n) is 8.41. The molecule has 0 bridgehead atoms. The lowest BCUT2D eigenvalue weighted by atomic mass is 10.1. The third-order valence-corrected chi connectivity index (χ3v) is 7.03. The topological polar surface area (TPSA) is 147 Å². The minimum Gasteiger partial charge on any atom is -0.485 e. The summed E-state index contributed by atoms with van der Waals surface area (Å²) in [4.78, 5) is 0.0713. The van der Waals surface area contributed by atoms with Crippen LogP contribution in [0, 0.1) is 5.41 Å². The van der Waals surface area contributed by atoms with Gasteiger partial charge in [-0.25, -0.2) is 13.6 Å². The summed E-state index contributed by atoms with van der Waals surface area (Å²) in [6, 6.07) is 20.7. The number of sulfonamides is 1. The molecule has 3 aromatic carbocycles. The molecule has 2 heterocycles. The summed E-state index contributed by atoms with van der Waals surface area (Å²) in [6.45, 7) is 0.724. The van der Waals surface area contributed by atoms with Gasteiger partial charge in [-0.2, -0.15) is 0 Å². The van der Waals surface area contributed by atoms with Gasteiger partial charge in [-0.1, -0.05) is 30.3 Å². The number of primary sulfonamides is 1. The molecule has 0 amide bonds. The van der Waals surface area contributed by atoms with E-state index in [1.54, 1.807) is 66.7 Å². The van der Waals surface area contributed by atoms with Crippen molar-refractivity contribution in [1.29, 1.82) is 5.41 Å². The van der Waals surface area contributed by atoms with Crippen LogP contribution in [0.1, 0.15) is 5.56 Å². The Labute approximate surface area is 203 Å². The Morgan fingerprint density at radius 1 is 0.829 bits per heavy atom. The van der Waals surface area contributed by atoms with Crippen LogP contribution in [0.15, 0.2) is 77.7 Å². The summed E-state index contributed by atoms with van der Waals surface area (Å²) in [5.74, 6) is 1.26. The molecule has 0 aliphatic carbocycles. The average Bonchev–Trinajstić information content (AvgIpc) is 3.43. The van der Waals surface area contributed by atoms with E-state index >= 15 is 0 Å². The number of nitrogens with one attached hydrogen (secondary N) is 1. The Hall–Kier alpha value is -3.44. The number of amidine groups is 1. The van der Waals surface area contributed by atoms with Gasteiger partial charge in [0.25, 0.3) is 0 Å². The molecule has 0 radical (unpaired) electrons. The van der Waals surface area contributed by atoms with Gasteiger partial charge in [0.1, 0.15) is 29.5 Å². The smallest absolute Gasteiger partial charge is 0.238 e. The Kier molecular flexibility index (Phi) is 6.20. The van der Waals surface area contributed by atoms with Gasteiger partial charge < -0.3 is 24.7 Å². The predicted molar refractivity (Wildman–Crippen MR) is 129 cm³/mol. The van der Waals surface area contributed by atoms with Crippen LogP contribution in [-0.2, 0) is 19.5 Å². The zero-order chi connectivity index (χ0) is 24.6. The maximum absolute atomic E-state index is 11.9. The first-order chi connectivity index (χ1) is 16.8. The first kappa shape index (κ1) is 23.3. The second kappa shape index (κ2) is 9.31. The number of ether oxygens (including phenoxy) is 4. The van der Waals surface area contributed by atoms with E-state index in [-0.39, 0.29) is 35.1 Å². The average molecular weight is 496 g/mol. The van der Waals surface area contributed by atoms with E-state index in [1.807, 2.05) is 0 Å². The second-order valence-corrected chi connectivity index (χ2v) is 9.94. The van der Waals surface area contributed by atoms with E-state index in [4.69, 9.17) is 35.2 Å². The van der Waals surface area contributed by atoms with Crippen LogP contribution in [-0.4, -0.2) is 51.9 Å². The van der Waals surface area contributed by atoms with Gasteiger partial charge in [-0.05, 0) is 48.0 Å². The van der Waals surface area contributed by atoms with Gasteiger partial charge in [0.15, 0.2) is 12.2 Å². The van der Waals surface area contributed by atoms with Gasteiger partial charge in [-0.3, -0.25) is 5.41 Å². The summed E-state index contributed by atoms with van der Waals surface area (Å²) in [5, 5.41) is 12.8. The van der Waals surface area contributed by atoms with E-state index in [0.29, 0.717) is 41.4 Å².